The molecule has 18 heavy (non-hydrogen) atoms. The molecule has 0 fully saturated rings. The molecule has 1 atom stereocenters. The Balaban J connectivity index is 2.13. The van der Waals surface area contributed by atoms with Crippen LogP contribution in [0, 0.1) is 6.92 Å². The van der Waals surface area contributed by atoms with Crippen LogP contribution in [0.3, 0.4) is 0 Å². The molecule has 1 unspecified atom stereocenters. The number of aromatic nitrogens is 1. The van der Waals surface area contributed by atoms with Gasteiger partial charge in [0.2, 0.25) is 0 Å². The maximum atomic E-state index is 6.60. The fraction of sp³-hybridized carbons (Fsp3) is 0.267. The molecule has 3 nitrogen and oxygen atoms in total. The SMILES string of the molecule is Cc1ccc(C2(N)CCOc3cccnc32)cc1. The maximum Gasteiger partial charge on any atom is 0.143 e. The molecule has 3 rings (SSSR count). The quantitative estimate of drug-likeness (QED) is 0.832. The van der Waals surface area contributed by atoms with Gasteiger partial charge in [-0.3, -0.25) is 4.98 Å². The van der Waals surface area contributed by atoms with Crippen molar-refractivity contribution >= 4 is 0 Å². The first-order chi connectivity index (χ1) is 8.70. The van der Waals surface area contributed by atoms with Gasteiger partial charge in [-0.25, -0.2) is 0 Å². The highest BCUT2D eigenvalue weighted by molar-refractivity contribution is 5.43. The van der Waals surface area contributed by atoms with Gasteiger partial charge >= 0.3 is 0 Å². The summed E-state index contributed by atoms with van der Waals surface area (Å²) in [7, 11) is 0. The molecule has 0 amide bonds. The van der Waals surface area contributed by atoms with Gasteiger partial charge in [0.25, 0.3) is 0 Å². The van der Waals surface area contributed by atoms with E-state index in [1.165, 1.54) is 5.56 Å². The fourth-order valence-electron chi connectivity index (χ4n) is 2.41. The minimum atomic E-state index is -0.539. The third kappa shape index (κ3) is 1.68. The van der Waals surface area contributed by atoms with Crippen molar-refractivity contribution in [1.29, 1.82) is 0 Å². The number of nitrogens with two attached hydrogens (primary N) is 1. The molecule has 3 heteroatoms. The summed E-state index contributed by atoms with van der Waals surface area (Å²) in [6, 6.07) is 12.1. The average molecular weight is 240 g/mol. The van der Waals surface area contributed by atoms with E-state index in [1.54, 1.807) is 6.20 Å². The van der Waals surface area contributed by atoms with Crippen LogP contribution in [0.15, 0.2) is 42.6 Å². The van der Waals surface area contributed by atoms with E-state index in [9.17, 15) is 0 Å². The average Bonchev–Trinajstić information content (AvgIpc) is 2.40. The van der Waals surface area contributed by atoms with Crippen molar-refractivity contribution in [2.24, 2.45) is 5.73 Å². The first-order valence-electron chi connectivity index (χ1n) is 6.14. The standard InChI is InChI=1S/C15H16N2O/c1-11-4-6-12(7-5-11)15(16)8-10-18-13-3-2-9-17-14(13)15/h2-7,9H,8,10,16H2,1H3. The van der Waals surface area contributed by atoms with Crippen LogP contribution in [0.5, 0.6) is 5.75 Å². The van der Waals surface area contributed by atoms with Gasteiger partial charge in [-0.05, 0) is 24.6 Å². The molecule has 0 saturated heterocycles. The number of hydrogen-bond donors (Lipinski definition) is 1. The number of benzene rings is 1. The van der Waals surface area contributed by atoms with Crippen molar-refractivity contribution in [3.63, 3.8) is 0 Å². The molecule has 0 saturated carbocycles. The van der Waals surface area contributed by atoms with E-state index in [0.29, 0.717) is 6.61 Å². The van der Waals surface area contributed by atoms with Crippen LogP contribution >= 0.6 is 0 Å². The Morgan fingerprint density at radius 3 is 2.78 bits per heavy atom. The second-order valence-corrected chi connectivity index (χ2v) is 4.79. The lowest BCUT2D eigenvalue weighted by molar-refractivity contribution is 0.232. The normalized spacial score (nSPS) is 22.1. The summed E-state index contributed by atoms with van der Waals surface area (Å²) in [5.74, 6) is 0.798. The summed E-state index contributed by atoms with van der Waals surface area (Å²) in [5.41, 5.74) is 9.22. The molecule has 0 spiro atoms. The van der Waals surface area contributed by atoms with Crippen molar-refractivity contribution in [1.82, 2.24) is 4.98 Å². The Hall–Kier alpha value is -1.87. The molecule has 0 radical (unpaired) electrons. The van der Waals surface area contributed by atoms with E-state index in [2.05, 4.69) is 36.2 Å². The minimum Gasteiger partial charge on any atom is -0.491 e. The predicted octanol–water partition coefficient (Wildman–Crippen LogP) is 2.37. The number of nitrogens with zero attached hydrogens (tertiary/aromatic N) is 1. The third-order valence-corrected chi connectivity index (χ3v) is 3.51. The molecular formula is C15H16N2O. The van der Waals surface area contributed by atoms with Gasteiger partial charge in [0, 0.05) is 12.6 Å². The largest absolute Gasteiger partial charge is 0.491 e. The molecule has 1 aliphatic heterocycles. The second kappa shape index (κ2) is 4.10. The predicted molar refractivity (Wildman–Crippen MR) is 70.5 cm³/mol. The smallest absolute Gasteiger partial charge is 0.143 e. The van der Waals surface area contributed by atoms with Gasteiger partial charge in [0.15, 0.2) is 0 Å². The summed E-state index contributed by atoms with van der Waals surface area (Å²) in [6.45, 7) is 2.70. The van der Waals surface area contributed by atoms with Crippen molar-refractivity contribution in [3.05, 3.63) is 59.4 Å². The Morgan fingerprint density at radius 2 is 2.00 bits per heavy atom. The molecule has 2 N–H and O–H groups in total. The number of hydrogen-bond acceptors (Lipinski definition) is 3. The Kier molecular flexibility index (Phi) is 2.56. The molecule has 1 aromatic carbocycles. The van der Waals surface area contributed by atoms with Crippen LogP contribution in [-0.4, -0.2) is 11.6 Å². The highest BCUT2D eigenvalue weighted by Crippen LogP contribution is 2.38. The minimum absolute atomic E-state index is 0.539. The lowest BCUT2D eigenvalue weighted by Crippen LogP contribution is -2.43. The van der Waals surface area contributed by atoms with Gasteiger partial charge < -0.3 is 10.5 Å². The van der Waals surface area contributed by atoms with E-state index in [0.717, 1.165) is 23.4 Å². The van der Waals surface area contributed by atoms with E-state index in [-0.39, 0.29) is 0 Å². The summed E-state index contributed by atoms with van der Waals surface area (Å²) in [4.78, 5) is 4.42. The maximum absolute atomic E-state index is 6.60. The van der Waals surface area contributed by atoms with Crippen molar-refractivity contribution < 1.29 is 4.74 Å². The van der Waals surface area contributed by atoms with Crippen molar-refractivity contribution in [2.75, 3.05) is 6.61 Å². The molecular weight excluding hydrogens is 224 g/mol. The van der Waals surface area contributed by atoms with Gasteiger partial charge in [-0.2, -0.15) is 0 Å². The number of rotatable bonds is 1. The summed E-state index contributed by atoms with van der Waals surface area (Å²) < 4.78 is 5.62. The van der Waals surface area contributed by atoms with Crippen molar-refractivity contribution in [3.8, 4) is 5.75 Å². The van der Waals surface area contributed by atoms with E-state index in [1.807, 2.05) is 12.1 Å². The second-order valence-electron chi connectivity index (χ2n) is 4.79. The lowest BCUT2D eigenvalue weighted by atomic mass is 9.82. The molecule has 1 aliphatic rings. The van der Waals surface area contributed by atoms with Crippen LogP contribution < -0.4 is 10.5 Å². The monoisotopic (exact) mass is 240 g/mol. The highest BCUT2D eigenvalue weighted by atomic mass is 16.5. The van der Waals surface area contributed by atoms with E-state index >= 15 is 0 Å². The van der Waals surface area contributed by atoms with Gasteiger partial charge in [0.1, 0.15) is 11.4 Å². The third-order valence-electron chi connectivity index (χ3n) is 3.51. The fourth-order valence-corrected chi connectivity index (χ4v) is 2.41. The lowest BCUT2D eigenvalue weighted by Gasteiger charge is -2.34. The molecule has 0 bridgehead atoms. The molecule has 0 aliphatic carbocycles. The van der Waals surface area contributed by atoms with Gasteiger partial charge in [-0.15, -0.1) is 0 Å². The zero-order valence-corrected chi connectivity index (χ0v) is 10.4. The topological polar surface area (TPSA) is 48.1 Å². The highest BCUT2D eigenvalue weighted by Gasteiger charge is 2.36. The Labute approximate surface area is 107 Å². The molecule has 2 heterocycles. The van der Waals surface area contributed by atoms with Crippen LogP contribution in [0.1, 0.15) is 23.2 Å². The molecule has 92 valence electrons. The Morgan fingerprint density at radius 1 is 1.22 bits per heavy atom. The van der Waals surface area contributed by atoms with Crippen molar-refractivity contribution in [2.45, 2.75) is 18.9 Å². The van der Waals surface area contributed by atoms with E-state index < -0.39 is 5.54 Å². The van der Waals surface area contributed by atoms with Crippen LogP contribution in [0.2, 0.25) is 0 Å². The van der Waals surface area contributed by atoms with Crippen LogP contribution in [0.25, 0.3) is 0 Å². The summed E-state index contributed by atoms with van der Waals surface area (Å²) in [6.07, 6.45) is 2.52. The number of fused-ring (bicyclic) bond motifs is 1. The number of pyridine rings is 1. The van der Waals surface area contributed by atoms with E-state index in [4.69, 9.17) is 10.5 Å². The Bertz CT molecular complexity index is 565. The van der Waals surface area contributed by atoms with Gasteiger partial charge in [-0.1, -0.05) is 29.8 Å². The number of ether oxygens (including phenoxy) is 1. The number of aryl methyl sites for hydroxylation is 1. The molecule has 2 aromatic rings. The van der Waals surface area contributed by atoms with Crippen LogP contribution in [-0.2, 0) is 5.54 Å². The van der Waals surface area contributed by atoms with Crippen LogP contribution in [0.4, 0.5) is 0 Å². The van der Waals surface area contributed by atoms with Gasteiger partial charge in [0.05, 0.1) is 12.1 Å². The zero-order chi connectivity index (χ0) is 12.6. The summed E-state index contributed by atoms with van der Waals surface area (Å²) >= 11 is 0. The molecule has 1 aromatic heterocycles. The first kappa shape index (κ1) is 11.2. The summed E-state index contributed by atoms with van der Waals surface area (Å²) in [5, 5.41) is 0. The first-order valence-corrected chi connectivity index (χ1v) is 6.14. The zero-order valence-electron chi connectivity index (χ0n) is 10.4.